The molecular formula is C9H9N3O3S2. The Bertz CT molecular complexity index is 623. The average molecular weight is 271 g/mol. The van der Waals surface area contributed by atoms with E-state index in [4.69, 9.17) is 15.3 Å². The first kappa shape index (κ1) is 12.0. The third-order valence-corrected chi connectivity index (χ3v) is 3.78. The van der Waals surface area contributed by atoms with Crippen LogP contribution in [0.3, 0.4) is 0 Å². The Morgan fingerprint density at radius 3 is 2.71 bits per heavy atom. The lowest BCUT2D eigenvalue weighted by Gasteiger charge is -2.04. The van der Waals surface area contributed by atoms with Crippen molar-refractivity contribution in [3.63, 3.8) is 0 Å². The van der Waals surface area contributed by atoms with Crippen LogP contribution in [-0.4, -0.2) is 13.4 Å². The maximum atomic E-state index is 11.2. The van der Waals surface area contributed by atoms with Crippen molar-refractivity contribution >= 4 is 27.5 Å². The van der Waals surface area contributed by atoms with Gasteiger partial charge in [-0.3, -0.25) is 0 Å². The Balaban J connectivity index is 2.40. The van der Waals surface area contributed by atoms with Crippen molar-refractivity contribution in [1.82, 2.24) is 4.98 Å². The number of primary sulfonamides is 1. The van der Waals surface area contributed by atoms with Crippen molar-refractivity contribution in [2.45, 2.75) is 15.0 Å². The fourth-order valence-electron chi connectivity index (χ4n) is 1.13. The number of sulfonamides is 1. The first-order valence-electron chi connectivity index (χ1n) is 4.46. The second-order valence-electron chi connectivity index (χ2n) is 3.14. The Morgan fingerprint density at radius 1 is 1.35 bits per heavy atom. The molecule has 0 spiro atoms. The van der Waals surface area contributed by atoms with E-state index < -0.39 is 10.0 Å². The van der Waals surface area contributed by atoms with Gasteiger partial charge in [0.15, 0.2) is 0 Å². The molecule has 0 saturated heterocycles. The molecule has 0 atom stereocenters. The summed E-state index contributed by atoms with van der Waals surface area (Å²) in [6.45, 7) is 0. The summed E-state index contributed by atoms with van der Waals surface area (Å²) in [6.07, 6.45) is 2.91. The summed E-state index contributed by atoms with van der Waals surface area (Å²) in [5, 5.41) is 5.41. The van der Waals surface area contributed by atoms with Gasteiger partial charge < -0.3 is 10.2 Å². The van der Waals surface area contributed by atoms with E-state index in [0.29, 0.717) is 15.8 Å². The van der Waals surface area contributed by atoms with Gasteiger partial charge >= 0.3 is 0 Å². The van der Waals surface area contributed by atoms with E-state index in [-0.39, 0.29) is 4.90 Å². The zero-order valence-corrected chi connectivity index (χ0v) is 10.2. The van der Waals surface area contributed by atoms with Gasteiger partial charge in [-0.2, -0.15) is 0 Å². The Morgan fingerprint density at radius 2 is 2.12 bits per heavy atom. The lowest BCUT2D eigenvalue weighted by molar-refractivity contribution is 0.454. The van der Waals surface area contributed by atoms with Crippen LogP contribution >= 0.6 is 11.8 Å². The quantitative estimate of drug-likeness (QED) is 0.807. The summed E-state index contributed by atoms with van der Waals surface area (Å²) in [5.74, 6) is 0. The second kappa shape index (κ2) is 4.40. The van der Waals surface area contributed by atoms with E-state index in [9.17, 15) is 8.42 Å². The largest absolute Gasteiger partial charge is 0.440 e. The molecule has 0 aliphatic rings. The number of aromatic nitrogens is 1. The number of oxazole rings is 1. The standard InChI is InChI=1S/C9H9N3O3S2/c10-7-2-1-6(17(11,13)14)5-8(7)16-9-12-3-4-15-9/h1-5H,10H2,(H2,11,13,14). The lowest BCUT2D eigenvalue weighted by atomic mass is 10.3. The van der Waals surface area contributed by atoms with E-state index in [2.05, 4.69) is 4.98 Å². The molecule has 0 saturated carbocycles. The molecule has 0 amide bonds. The molecule has 1 aromatic carbocycles. The third kappa shape index (κ3) is 2.78. The summed E-state index contributed by atoms with van der Waals surface area (Å²) in [4.78, 5) is 4.43. The van der Waals surface area contributed by atoms with Crippen LogP contribution in [0, 0.1) is 0 Å². The van der Waals surface area contributed by atoms with Gasteiger partial charge in [0.2, 0.25) is 10.0 Å². The van der Waals surface area contributed by atoms with Gasteiger partial charge in [0.1, 0.15) is 6.26 Å². The molecule has 0 radical (unpaired) electrons. The van der Waals surface area contributed by atoms with Gasteiger partial charge in [-0.25, -0.2) is 18.5 Å². The summed E-state index contributed by atoms with van der Waals surface area (Å²) in [5.41, 5.74) is 6.15. The first-order valence-corrected chi connectivity index (χ1v) is 6.83. The maximum Gasteiger partial charge on any atom is 0.260 e. The predicted molar refractivity (Wildman–Crippen MR) is 62.9 cm³/mol. The van der Waals surface area contributed by atoms with Gasteiger partial charge in [0.05, 0.1) is 11.1 Å². The van der Waals surface area contributed by atoms with Crippen LogP contribution in [0.25, 0.3) is 0 Å². The van der Waals surface area contributed by atoms with Gasteiger partial charge in [0, 0.05) is 10.6 Å². The predicted octanol–water partition coefficient (Wildman–Crippen LogP) is 1.06. The number of hydrogen-bond donors (Lipinski definition) is 2. The summed E-state index contributed by atoms with van der Waals surface area (Å²) in [6, 6.07) is 4.22. The Hall–Kier alpha value is -1.51. The summed E-state index contributed by atoms with van der Waals surface area (Å²) < 4.78 is 27.4. The van der Waals surface area contributed by atoms with Crippen LogP contribution in [0.2, 0.25) is 0 Å². The zero-order chi connectivity index (χ0) is 12.5. The first-order chi connectivity index (χ1) is 7.97. The number of benzene rings is 1. The van der Waals surface area contributed by atoms with E-state index in [0.717, 1.165) is 11.8 Å². The van der Waals surface area contributed by atoms with E-state index in [1.54, 1.807) is 0 Å². The summed E-state index contributed by atoms with van der Waals surface area (Å²) >= 11 is 1.13. The normalized spacial score (nSPS) is 11.6. The number of hydrogen-bond acceptors (Lipinski definition) is 6. The maximum absolute atomic E-state index is 11.2. The Kier molecular flexibility index (Phi) is 3.09. The van der Waals surface area contributed by atoms with Crippen molar-refractivity contribution < 1.29 is 12.8 Å². The minimum Gasteiger partial charge on any atom is -0.440 e. The monoisotopic (exact) mass is 271 g/mol. The van der Waals surface area contributed by atoms with Gasteiger partial charge in [-0.15, -0.1) is 0 Å². The van der Waals surface area contributed by atoms with Crippen LogP contribution in [0.1, 0.15) is 0 Å². The fourth-order valence-corrected chi connectivity index (χ4v) is 2.53. The molecule has 6 nitrogen and oxygen atoms in total. The summed E-state index contributed by atoms with van der Waals surface area (Å²) in [7, 11) is -3.74. The minimum absolute atomic E-state index is 0.000700. The highest BCUT2D eigenvalue weighted by molar-refractivity contribution is 7.99. The molecule has 2 aromatic rings. The van der Waals surface area contributed by atoms with Gasteiger partial charge in [0.25, 0.3) is 5.22 Å². The smallest absolute Gasteiger partial charge is 0.260 e. The van der Waals surface area contributed by atoms with Crippen molar-refractivity contribution in [2.24, 2.45) is 5.14 Å². The molecule has 90 valence electrons. The minimum atomic E-state index is -3.74. The molecule has 1 heterocycles. The SMILES string of the molecule is Nc1ccc(S(N)(=O)=O)cc1Sc1ncco1. The molecule has 1 aromatic heterocycles. The van der Waals surface area contributed by atoms with Crippen LogP contribution in [-0.2, 0) is 10.0 Å². The number of rotatable bonds is 3. The van der Waals surface area contributed by atoms with Gasteiger partial charge in [-0.1, -0.05) is 0 Å². The van der Waals surface area contributed by atoms with E-state index >= 15 is 0 Å². The van der Waals surface area contributed by atoms with Crippen LogP contribution in [0.4, 0.5) is 5.69 Å². The molecule has 0 aliphatic carbocycles. The highest BCUT2D eigenvalue weighted by Gasteiger charge is 2.12. The topological polar surface area (TPSA) is 112 Å². The molecule has 0 fully saturated rings. The molecular weight excluding hydrogens is 262 g/mol. The molecule has 4 N–H and O–H groups in total. The highest BCUT2D eigenvalue weighted by Crippen LogP contribution is 2.32. The van der Waals surface area contributed by atoms with E-state index in [1.807, 2.05) is 0 Å². The highest BCUT2D eigenvalue weighted by atomic mass is 32.2. The van der Waals surface area contributed by atoms with Crippen molar-refractivity contribution in [3.8, 4) is 0 Å². The molecule has 0 aliphatic heterocycles. The van der Waals surface area contributed by atoms with E-state index in [1.165, 1.54) is 30.7 Å². The van der Waals surface area contributed by atoms with Crippen molar-refractivity contribution in [2.75, 3.05) is 5.73 Å². The molecule has 8 heteroatoms. The molecule has 2 rings (SSSR count). The molecule has 0 unspecified atom stereocenters. The van der Waals surface area contributed by atoms with Crippen molar-refractivity contribution in [1.29, 1.82) is 0 Å². The number of nitrogens with zero attached hydrogens (tertiary/aromatic N) is 1. The van der Waals surface area contributed by atoms with Gasteiger partial charge in [-0.05, 0) is 30.0 Å². The molecule has 17 heavy (non-hydrogen) atoms. The number of anilines is 1. The number of nitrogen functional groups attached to an aromatic ring is 1. The van der Waals surface area contributed by atoms with Crippen LogP contribution in [0.5, 0.6) is 0 Å². The van der Waals surface area contributed by atoms with Crippen LogP contribution in [0.15, 0.2) is 50.1 Å². The lowest BCUT2D eigenvalue weighted by Crippen LogP contribution is -2.12. The number of nitrogens with two attached hydrogens (primary N) is 2. The molecule has 0 bridgehead atoms. The zero-order valence-electron chi connectivity index (χ0n) is 8.53. The second-order valence-corrected chi connectivity index (χ2v) is 5.70. The fraction of sp³-hybridized carbons (Fsp3) is 0. The van der Waals surface area contributed by atoms with Crippen molar-refractivity contribution in [3.05, 3.63) is 30.7 Å². The van der Waals surface area contributed by atoms with Crippen LogP contribution < -0.4 is 10.9 Å². The Labute approximate surface area is 102 Å². The third-order valence-electron chi connectivity index (χ3n) is 1.92. The average Bonchev–Trinajstić information content (AvgIpc) is 2.72.